The Morgan fingerprint density at radius 2 is 1.93 bits per heavy atom. The van der Waals surface area contributed by atoms with Crippen LogP contribution in [0.5, 0.6) is 5.75 Å². The number of amides is 1. The van der Waals surface area contributed by atoms with Gasteiger partial charge >= 0.3 is 0 Å². The number of nitrogens with zero attached hydrogens (tertiary/aromatic N) is 2. The Morgan fingerprint density at radius 3 is 2.63 bits per heavy atom. The van der Waals surface area contributed by atoms with Gasteiger partial charge < -0.3 is 19.5 Å². The number of carbonyl (C=O) groups is 1. The largest absolute Gasteiger partial charge is 0.497 e. The first kappa shape index (κ1) is 18.7. The van der Waals surface area contributed by atoms with Crippen LogP contribution >= 0.6 is 0 Å². The van der Waals surface area contributed by atoms with Crippen LogP contribution in [0.2, 0.25) is 0 Å². The molecule has 0 aliphatic heterocycles. The molecule has 1 N–H and O–H groups in total. The van der Waals surface area contributed by atoms with Gasteiger partial charge in [0.05, 0.1) is 13.2 Å². The fraction of sp³-hybridized carbons (Fsp3) is 0.238. The molecule has 0 bridgehead atoms. The first-order valence-electron chi connectivity index (χ1n) is 8.69. The van der Waals surface area contributed by atoms with Gasteiger partial charge in [0.1, 0.15) is 5.75 Å². The molecular weight excluding hydrogens is 342 g/mol. The zero-order valence-corrected chi connectivity index (χ0v) is 15.7. The van der Waals surface area contributed by atoms with Crippen LogP contribution in [0.15, 0.2) is 65.2 Å². The topological polar surface area (TPSA) is 67.6 Å². The molecule has 0 fully saturated rings. The molecule has 1 amide bonds. The van der Waals surface area contributed by atoms with E-state index in [4.69, 9.17) is 9.26 Å². The average Bonchev–Trinajstić information content (AvgIpc) is 3.19. The van der Waals surface area contributed by atoms with Gasteiger partial charge in [-0.25, -0.2) is 0 Å². The summed E-state index contributed by atoms with van der Waals surface area (Å²) in [6.07, 6.45) is 0. The summed E-state index contributed by atoms with van der Waals surface area (Å²) in [6.45, 7) is 0.437. The summed E-state index contributed by atoms with van der Waals surface area (Å²) in [7, 11) is 5.58. The highest BCUT2D eigenvalue weighted by molar-refractivity contribution is 5.93. The number of aromatic nitrogens is 1. The van der Waals surface area contributed by atoms with Crippen LogP contribution in [0.4, 0.5) is 0 Å². The minimum atomic E-state index is -0.268. The van der Waals surface area contributed by atoms with Crippen LogP contribution in [0.25, 0.3) is 11.3 Å². The normalized spacial score (nSPS) is 12.0. The summed E-state index contributed by atoms with van der Waals surface area (Å²) in [4.78, 5) is 14.5. The first-order chi connectivity index (χ1) is 13.1. The second-order valence-electron chi connectivity index (χ2n) is 6.41. The predicted octanol–water partition coefficient (Wildman–Crippen LogP) is 3.38. The first-order valence-corrected chi connectivity index (χ1v) is 8.69. The zero-order chi connectivity index (χ0) is 19.2. The SMILES string of the molecule is COc1cccc([C@@H](CNC(=O)c2cc(-c3ccccc3)on2)N(C)C)c1. The molecule has 1 aromatic heterocycles. The van der Waals surface area contributed by atoms with Crippen molar-refractivity contribution in [3.8, 4) is 17.1 Å². The van der Waals surface area contributed by atoms with Gasteiger partial charge in [-0.1, -0.05) is 47.6 Å². The Labute approximate surface area is 158 Å². The van der Waals surface area contributed by atoms with Crippen molar-refractivity contribution in [3.05, 3.63) is 71.9 Å². The highest BCUT2D eigenvalue weighted by Gasteiger charge is 2.18. The summed E-state index contributed by atoms with van der Waals surface area (Å²) < 4.78 is 10.6. The lowest BCUT2D eigenvalue weighted by molar-refractivity contribution is 0.0933. The van der Waals surface area contributed by atoms with E-state index in [1.54, 1.807) is 13.2 Å². The standard InChI is InChI=1S/C21H23N3O3/c1-24(2)19(16-10-7-11-17(12-16)26-3)14-22-21(25)18-13-20(27-23-18)15-8-5-4-6-9-15/h4-13,19H,14H2,1-3H3,(H,22,25)/t19-/m1/s1. The maximum absolute atomic E-state index is 12.5. The second-order valence-corrected chi connectivity index (χ2v) is 6.41. The lowest BCUT2D eigenvalue weighted by atomic mass is 10.1. The van der Waals surface area contributed by atoms with E-state index in [2.05, 4.69) is 10.5 Å². The van der Waals surface area contributed by atoms with Gasteiger partial charge in [-0.2, -0.15) is 0 Å². The Morgan fingerprint density at radius 1 is 1.15 bits per heavy atom. The zero-order valence-electron chi connectivity index (χ0n) is 15.7. The van der Waals surface area contributed by atoms with Gasteiger partial charge in [0.2, 0.25) is 0 Å². The molecule has 2 aromatic carbocycles. The van der Waals surface area contributed by atoms with Crippen molar-refractivity contribution in [2.24, 2.45) is 0 Å². The molecule has 3 rings (SSSR count). The van der Waals surface area contributed by atoms with Crippen LogP contribution < -0.4 is 10.1 Å². The van der Waals surface area contributed by atoms with Crippen molar-refractivity contribution in [2.45, 2.75) is 6.04 Å². The van der Waals surface area contributed by atoms with Gasteiger partial charge in [-0.05, 0) is 31.8 Å². The molecule has 0 radical (unpaired) electrons. The fourth-order valence-corrected chi connectivity index (χ4v) is 2.85. The quantitative estimate of drug-likeness (QED) is 0.695. The highest BCUT2D eigenvalue weighted by atomic mass is 16.5. The van der Waals surface area contributed by atoms with Crippen molar-refractivity contribution in [3.63, 3.8) is 0 Å². The molecule has 0 saturated heterocycles. The molecule has 0 unspecified atom stereocenters. The van der Waals surface area contributed by atoms with Crippen molar-refractivity contribution < 1.29 is 14.1 Å². The molecule has 6 heteroatoms. The van der Waals surface area contributed by atoms with Crippen LogP contribution in [-0.2, 0) is 0 Å². The van der Waals surface area contributed by atoms with E-state index >= 15 is 0 Å². The number of hydrogen-bond donors (Lipinski definition) is 1. The summed E-state index contributed by atoms with van der Waals surface area (Å²) in [5.41, 5.74) is 2.20. The average molecular weight is 365 g/mol. The van der Waals surface area contributed by atoms with Gasteiger partial charge in [-0.3, -0.25) is 4.79 Å². The predicted molar refractivity (Wildman–Crippen MR) is 104 cm³/mol. The van der Waals surface area contributed by atoms with E-state index in [9.17, 15) is 4.79 Å². The third-order valence-corrected chi connectivity index (χ3v) is 4.36. The van der Waals surface area contributed by atoms with Crippen LogP contribution in [0, 0.1) is 0 Å². The Bertz CT molecular complexity index is 890. The molecule has 0 aliphatic rings. The number of likely N-dealkylation sites (N-methyl/N-ethyl adjacent to an activating group) is 1. The highest BCUT2D eigenvalue weighted by Crippen LogP contribution is 2.23. The molecule has 3 aromatic rings. The molecule has 0 aliphatic carbocycles. The summed E-state index contributed by atoms with van der Waals surface area (Å²) >= 11 is 0. The Kier molecular flexibility index (Phi) is 5.88. The molecule has 0 spiro atoms. The van der Waals surface area contributed by atoms with Gasteiger partial charge in [0.25, 0.3) is 5.91 Å². The van der Waals surface area contributed by atoms with E-state index in [0.29, 0.717) is 12.3 Å². The van der Waals surface area contributed by atoms with Gasteiger partial charge in [0, 0.05) is 18.2 Å². The number of carbonyl (C=O) groups excluding carboxylic acids is 1. The fourth-order valence-electron chi connectivity index (χ4n) is 2.85. The van der Waals surface area contributed by atoms with E-state index in [1.165, 1.54) is 0 Å². The van der Waals surface area contributed by atoms with Crippen molar-refractivity contribution in [2.75, 3.05) is 27.7 Å². The van der Waals surface area contributed by atoms with Gasteiger partial charge in [0.15, 0.2) is 11.5 Å². The number of rotatable bonds is 7. The van der Waals surface area contributed by atoms with Crippen LogP contribution in [0.1, 0.15) is 22.1 Å². The van der Waals surface area contributed by atoms with E-state index < -0.39 is 0 Å². The smallest absolute Gasteiger partial charge is 0.273 e. The third kappa shape index (κ3) is 4.54. The maximum Gasteiger partial charge on any atom is 0.273 e. The number of benzene rings is 2. The molecule has 1 heterocycles. The molecule has 0 saturated carbocycles. The Balaban J connectivity index is 1.69. The van der Waals surface area contributed by atoms with Gasteiger partial charge in [-0.15, -0.1) is 0 Å². The number of nitrogens with one attached hydrogen (secondary N) is 1. The minimum Gasteiger partial charge on any atom is -0.497 e. The van der Waals surface area contributed by atoms with Crippen molar-refractivity contribution in [1.82, 2.24) is 15.4 Å². The third-order valence-electron chi connectivity index (χ3n) is 4.36. The number of ether oxygens (including phenoxy) is 1. The molecule has 27 heavy (non-hydrogen) atoms. The molecule has 1 atom stereocenters. The second kappa shape index (κ2) is 8.51. The van der Waals surface area contributed by atoms with E-state index in [-0.39, 0.29) is 17.6 Å². The van der Waals surface area contributed by atoms with E-state index in [0.717, 1.165) is 16.9 Å². The van der Waals surface area contributed by atoms with Crippen molar-refractivity contribution >= 4 is 5.91 Å². The van der Waals surface area contributed by atoms with Crippen molar-refractivity contribution in [1.29, 1.82) is 0 Å². The number of methoxy groups -OCH3 is 1. The maximum atomic E-state index is 12.5. The Hall–Kier alpha value is -3.12. The monoisotopic (exact) mass is 365 g/mol. The lowest BCUT2D eigenvalue weighted by Crippen LogP contribution is -2.34. The molecular formula is C21H23N3O3. The summed E-state index contributed by atoms with van der Waals surface area (Å²) in [5.74, 6) is 1.09. The summed E-state index contributed by atoms with van der Waals surface area (Å²) in [6, 6.07) is 19.1. The lowest BCUT2D eigenvalue weighted by Gasteiger charge is -2.25. The van der Waals surface area contributed by atoms with Crippen LogP contribution in [-0.4, -0.2) is 43.7 Å². The summed E-state index contributed by atoms with van der Waals surface area (Å²) in [5, 5.41) is 6.83. The minimum absolute atomic E-state index is 0.00421. The molecule has 6 nitrogen and oxygen atoms in total. The molecule has 140 valence electrons. The number of hydrogen-bond acceptors (Lipinski definition) is 5. The van der Waals surface area contributed by atoms with Crippen LogP contribution in [0.3, 0.4) is 0 Å². The van der Waals surface area contributed by atoms with E-state index in [1.807, 2.05) is 73.6 Å².